The number of hydrogen-bond donors (Lipinski definition) is 3. The number of carbonyl (C=O) groups excluding carboxylic acids is 2. The van der Waals surface area contributed by atoms with E-state index in [9.17, 15) is 9.59 Å². The summed E-state index contributed by atoms with van der Waals surface area (Å²) in [5.41, 5.74) is 6.04. The van der Waals surface area contributed by atoms with Crippen molar-refractivity contribution in [2.75, 3.05) is 20.3 Å². The zero-order valence-electron chi connectivity index (χ0n) is 16.2. The lowest BCUT2D eigenvalue weighted by Gasteiger charge is -2.28. The summed E-state index contributed by atoms with van der Waals surface area (Å²) in [6.07, 6.45) is 3.95. The lowest BCUT2D eigenvalue weighted by atomic mass is 9.97. The van der Waals surface area contributed by atoms with Gasteiger partial charge in [0.25, 0.3) is 11.8 Å². The fraction of sp³-hybridized carbons (Fsp3) is 0.579. The predicted octanol–water partition coefficient (Wildman–Crippen LogP) is 2.02. The Balaban J connectivity index is 0.00000364. The van der Waals surface area contributed by atoms with Gasteiger partial charge in [0.1, 0.15) is 0 Å². The van der Waals surface area contributed by atoms with Crippen LogP contribution in [0.15, 0.2) is 18.2 Å². The first-order valence-electron chi connectivity index (χ1n) is 9.02. The summed E-state index contributed by atoms with van der Waals surface area (Å²) in [5, 5.41) is 5.83. The van der Waals surface area contributed by atoms with Crippen LogP contribution in [0.3, 0.4) is 0 Å². The molecule has 1 saturated carbocycles. The number of nitrogens with one attached hydrogen (secondary N) is 2. The summed E-state index contributed by atoms with van der Waals surface area (Å²) in [6, 6.07) is 4.96. The average molecular weight is 400 g/mol. The van der Waals surface area contributed by atoms with Crippen molar-refractivity contribution in [2.45, 2.75) is 51.1 Å². The van der Waals surface area contributed by atoms with Crippen molar-refractivity contribution in [1.29, 1.82) is 0 Å². The number of ether oxygens (including phenoxy) is 2. The molecule has 1 aliphatic rings. The molecule has 1 aromatic rings. The number of methoxy groups -OCH3 is 1. The lowest BCUT2D eigenvalue weighted by Crippen LogP contribution is -2.51. The van der Waals surface area contributed by atoms with Crippen LogP contribution in [0, 0.1) is 0 Å². The van der Waals surface area contributed by atoms with Crippen molar-refractivity contribution in [1.82, 2.24) is 10.6 Å². The SMILES string of the molecule is COc1cc(C(=O)NC2(CN)CCCC2)ccc1OCC(=O)NC(C)C.Cl. The van der Waals surface area contributed by atoms with Crippen LogP contribution in [0.25, 0.3) is 0 Å². The first kappa shape index (κ1) is 23.0. The minimum Gasteiger partial charge on any atom is -0.493 e. The molecule has 0 unspecified atom stereocenters. The molecule has 0 bridgehead atoms. The third-order valence-electron chi connectivity index (χ3n) is 4.56. The summed E-state index contributed by atoms with van der Waals surface area (Å²) in [7, 11) is 1.50. The molecular weight excluding hydrogens is 370 g/mol. The molecule has 0 saturated heterocycles. The van der Waals surface area contributed by atoms with Gasteiger partial charge < -0.3 is 25.8 Å². The van der Waals surface area contributed by atoms with Crippen molar-refractivity contribution in [3.63, 3.8) is 0 Å². The van der Waals surface area contributed by atoms with Gasteiger partial charge in [-0.25, -0.2) is 0 Å². The number of amides is 2. The molecule has 7 nitrogen and oxygen atoms in total. The summed E-state index contributed by atoms with van der Waals surface area (Å²) in [6.45, 7) is 4.08. The van der Waals surface area contributed by atoms with Crippen molar-refractivity contribution < 1.29 is 19.1 Å². The topological polar surface area (TPSA) is 103 Å². The van der Waals surface area contributed by atoms with E-state index in [4.69, 9.17) is 15.2 Å². The molecule has 0 radical (unpaired) electrons. The molecule has 1 aliphatic carbocycles. The number of halogens is 1. The van der Waals surface area contributed by atoms with E-state index in [0.29, 0.717) is 23.6 Å². The minimum absolute atomic E-state index is 0. The lowest BCUT2D eigenvalue weighted by molar-refractivity contribution is -0.123. The van der Waals surface area contributed by atoms with Crippen LogP contribution in [0.4, 0.5) is 0 Å². The molecule has 152 valence electrons. The van der Waals surface area contributed by atoms with E-state index in [2.05, 4.69) is 10.6 Å². The van der Waals surface area contributed by atoms with E-state index in [1.54, 1.807) is 18.2 Å². The third-order valence-corrected chi connectivity index (χ3v) is 4.56. The van der Waals surface area contributed by atoms with E-state index in [-0.39, 0.29) is 42.4 Å². The molecule has 0 atom stereocenters. The Morgan fingerprint density at radius 3 is 2.44 bits per heavy atom. The second-order valence-electron chi connectivity index (χ2n) is 7.02. The quantitative estimate of drug-likeness (QED) is 0.620. The monoisotopic (exact) mass is 399 g/mol. The Morgan fingerprint density at radius 1 is 1.22 bits per heavy atom. The third kappa shape index (κ3) is 6.29. The second-order valence-corrected chi connectivity index (χ2v) is 7.02. The Kier molecular flexibility index (Phi) is 8.85. The summed E-state index contributed by atoms with van der Waals surface area (Å²) in [5.74, 6) is 0.426. The largest absolute Gasteiger partial charge is 0.493 e. The molecule has 4 N–H and O–H groups in total. The zero-order valence-corrected chi connectivity index (χ0v) is 17.0. The molecule has 1 fully saturated rings. The van der Waals surface area contributed by atoms with Crippen LogP contribution in [0.2, 0.25) is 0 Å². The maximum atomic E-state index is 12.6. The van der Waals surface area contributed by atoms with Crippen molar-refractivity contribution >= 4 is 24.2 Å². The van der Waals surface area contributed by atoms with Crippen LogP contribution in [0.5, 0.6) is 11.5 Å². The number of nitrogens with two attached hydrogens (primary N) is 1. The van der Waals surface area contributed by atoms with Gasteiger partial charge in [0.2, 0.25) is 0 Å². The van der Waals surface area contributed by atoms with E-state index in [0.717, 1.165) is 25.7 Å². The molecule has 2 rings (SSSR count). The van der Waals surface area contributed by atoms with Gasteiger partial charge in [-0.2, -0.15) is 0 Å². The maximum absolute atomic E-state index is 12.6. The highest BCUT2D eigenvalue weighted by molar-refractivity contribution is 5.95. The average Bonchev–Trinajstić information content (AvgIpc) is 3.08. The Labute approximate surface area is 166 Å². The molecule has 8 heteroatoms. The van der Waals surface area contributed by atoms with Gasteiger partial charge in [-0.1, -0.05) is 12.8 Å². The zero-order chi connectivity index (χ0) is 19.2. The molecule has 27 heavy (non-hydrogen) atoms. The van der Waals surface area contributed by atoms with Gasteiger partial charge in [-0.3, -0.25) is 9.59 Å². The number of benzene rings is 1. The Morgan fingerprint density at radius 2 is 1.89 bits per heavy atom. The van der Waals surface area contributed by atoms with E-state index >= 15 is 0 Å². The van der Waals surface area contributed by atoms with Gasteiger partial charge in [0, 0.05) is 18.2 Å². The second kappa shape index (κ2) is 10.4. The van der Waals surface area contributed by atoms with Crippen molar-refractivity contribution in [3.8, 4) is 11.5 Å². The van der Waals surface area contributed by atoms with Crippen LogP contribution in [-0.2, 0) is 4.79 Å². The fourth-order valence-corrected chi connectivity index (χ4v) is 3.18. The van der Waals surface area contributed by atoms with E-state index in [1.807, 2.05) is 13.8 Å². The fourth-order valence-electron chi connectivity index (χ4n) is 3.18. The number of carbonyl (C=O) groups is 2. The summed E-state index contributed by atoms with van der Waals surface area (Å²) in [4.78, 5) is 24.3. The van der Waals surface area contributed by atoms with Crippen LogP contribution < -0.4 is 25.8 Å². The minimum atomic E-state index is -0.311. The van der Waals surface area contributed by atoms with Crippen molar-refractivity contribution in [2.24, 2.45) is 5.73 Å². The predicted molar refractivity (Wildman–Crippen MR) is 107 cm³/mol. The van der Waals surface area contributed by atoms with E-state index < -0.39 is 0 Å². The molecule has 0 aromatic heterocycles. The summed E-state index contributed by atoms with van der Waals surface area (Å²) >= 11 is 0. The first-order valence-corrected chi connectivity index (χ1v) is 9.02. The molecule has 1 aromatic carbocycles. The smallest absolute Gasteiger partial charge is 0.258 e. The normalized spacial score (nSPS) is 15.0. The molecule has 0 heterocycles. The number of hydrogen-bond acceptors (Lipinski definition) is 5. The van der Waals surface area contributed by atoms with Gasteiger partial charge >= 0.3 is 0 Å². The van der Waals surface area contributed by atoms with Crippen LogP contribution in [-0.4, -0.2) is 43.7 Å². The van der Waals surface area contributed by atoms with E-state index in [1.165, 1.54) is 7.11 Å². The highest BCUT2D eigenvalue weighted by Gasteiger charge is 2.34. The van der Waals surface area contributed by atoms with Gasteiger partial charge in [0.05, 0.1) is 12.6 Å². The highest BCUT2D eigenvalue weighted by Crippen LogP contribution is 2.31. The van der Waals surface area contributed by atoms with Crippen molar-refractivity contribution in [3.05, 3.63) is 23.8 Å². The van der Waals surface area contributed by atoms with Gasteiger partial charge in [0.15, 0.2) is 18.1 Å². The standard InChI is InChI=1S/C19H29N3O4.ClH/c1-13(2)21-17(23)11-26-15-7-6-14(10-16(15)25-3)18(24)22-19(12-20)8-4-5-9-19;/h6-7,10,13H,4-5,8-9,11-12,20H2,1-3H3,(H,21,23)(H,22,24);1H. The Bertz CT molecular complexity index is 646. The highest BCUT2D eigenvalue weighted by atomic mass is 35.5. The van der Waals surface area contributed by atoms with Crippen LogP contribution >= 0.6 is 12.4 Å². The van der Waals surface area contributed by atoms with Gasteiger partial charge in [-0.15, -0.1) is 12.4 Å². The first-order chi connectivity index (χ1) is 12.4. The molecule has 0 spiro atoms. The Hall–Kier alpha value is -1.99. The summed E-state index contributed by atoms with van der Waals surface area (Å²) < 4.78 is 10.8. The van der Waals surface area contributed by atoms with Crippen LogP contribution in [0.1, 0.15) is 49.9 Å². The van der Waals surface area contributed by atoms with Gasteiger partial charge in [-0.05, 0) is 44.9 Å². The maximum Gasteiger partial charge on any atom is 0.258 e. The molecular formula is C19H30ClN3O4. The number of rotatable bonds is 8. The molecule has 0 aliphatic heterocycles. The molecule has 2 amide bonds.